The molecule has 13 heavy (non-hydrogen) atoms. The number of alkyl halides is 3. The van der Waals surface area contributed by atoms with Crippen LogP contribution in [0.25, 0.3) is 0 Å². The molecule has 7 heteroatoms. The average molecular weight is 218 g/mol. The van der Waals surface area contributed by atoms with Crippen molar-refractivity contribution in [2.24, 2.45) is 0 Å². The molecule has 0 N–H and O–H groups in total. The van der Waals surface area contributed by atoms with Gasteiger partial charge >= 0.3 is 8.80 Å². The highest BCUT2D eigenvalue weighted by Crippen LogP contribution is 2.20. The van der Waals surface area contributed by atoms with Gasteiger partial charge in [-0.2, -0.15) is 0 Å². The van der Waals surface area contributed by atoms with Crippen molar-refractivity contribution in [3.8, 4) is 0 Å². The molecule has 2 atom stereocenters. The maximum atomic E-state index is 13.2. The molecule has 2 unspecified atom stereocenters. The first kappa shape index (κ1) is 12.9. The summed E-state index contributed by atoms with van der Waals surface area (Å²) in [6, 6.07) is 0. The Kier molecular flexibility index (Phi) is 5.53. The van der Waals surface area contributed by atoms with Gasteiger partial charge in [0.2, 0.25) is 5.79 Å². The van der Waals surface area contributed by atoms with E-state index in [1.807, 2.05) is 0 Å². The summed E-state index contributed by atoms with van der Waals surface area (Å²) in [5.41, 5.74) is 0. The van der Waals surface area contributed by atoms with Crippen molar-refractivity contribution in [3.63, 3.8) is 0 Å². The topological polar surface area (TPSA) is 27.7 Å². The highest BCUT2D eigenvalue weighted by Gasteiger charge is 2.52. The zero-order valence-corrected chi connectivity index (χ0v) is 8.72. The van der Waals surface area contributed by atoms with E-state index in [0.717, 1.165) is 21.3 Å². The van der Waals surface area contributed by atoms with Crippen LogP contribution in [0.2, 0.25) is 0 Å². The molecule has 0 aliphatic heterocycles. The van der Waals surface area contributed by atoms with Gasteiger partial charge < -0.3 is 13.3 Å². The van der Waals surface area contributed by atoms with E-state index in [1.165, 1.54) is 0 Å². The van der Waals surface area contributed by atoms with Crippen LogP contribution in [0.5, 0.6) is 0 Å². The Balaban J connectivity index is 4.52. The van der Waals surface area contributed by atoms with E-state index in [-0.39, 0.29) is 0 Å². The summed E-state index contributed by atoms with van der Waals surface area (Å²) in [4.78, 5) is 0. The summed E-state index contributed by atoms with van der Waals surface area (Å²) < 4.78 is 51.5. The maximum Gasteiger partial charge on any atom is 0.539 e. The zero-order chi connectivity index (χ0) is 10.5. The average Bonchev–Trinajstić information content (AvgIpc) is 2.20. The Bertz CT molecular complexity index is 137. The van der Waals surface area contributed by atoms with E-state index in [0.29, 0.717) is 0 Å². The molecule has 80 valence electrons. The molecule has 0 saturated carbocycles. The molecule has 0 spiro atoms. The quantitative estimate of drug-likeness (QED) is 0.624. The molecular weight excluding hydrogens is 205 g/mol. The first-order chi connectivity index (χ1) is 6.07. The fourth-order valence-electron chi connectivity index (χ4n) is 0.887. The van der Waals surface area contributed by atoms with Crippen molar-refractivity contribution < 1.29 is 26.4 Å². The largest absolute Gasteiger partial charge is 0.539 e. The van der Waals surface area contributed by atoms with Crippen molar-refractivity contribution in [3.05, 3.63) is 0 Å². The van der Waals surface area contributed by atoms with Crippen molar-refractivity contribution in [1.29, 1.82) is 0 Å². The lowest BCUT2D eigenvalue weighted by molar-refractivity contribution is 0.0551. The molecule has 3 nitrogen and oxygen atoms in total. The first-order valence-electron chi connectivity index (χ1n) is 3.57. The van der Waals surface area contributed by atoms with Gasteiger partial charge in [-0.05, 0) is 0 Å². The van der Waals surface area contributed by atoms with Crippen LogP contribution in [0.15, 0.2) is 0 Å². The highest BCUT2D eigenvalue weighted by atomic mass is 28.4. The van der Waals surface area contributed by atoms with Gasteiger partial charge in [0, 0.05) is 21.3 Å². The Morgan fingerprint density at radius 1 is 1.08 bits per heavy atom. The Morgan fingerprint density at radius 3 is 1.69 bits per heavy atom. The molecule has 0 fully saturated rings. The van der Waals surface area contributed by atoms with Crippen molar-refractivity contribution in [2.75, 3.05) is 28.0 Å². The van der Waals surface area contributed by atoms with Crippen molar-refractivity contribution in [2.45, 2.75) is 12.0 Å². The zero-order valence-electron chi connectivity index (χ0n) is 7.72. The lowest BCUT2D eigenvalue weighted by atomic mass is 10.5. The van der Waals surface area contributed by atoms with Gasteiger partial charge in [0.05, 0.1) is 0 Å². The normalized spacial score (nSPS) is 17.1. The summed E-state index contributed by atoms with van der Waals surface area (Å²) in [6.45, 7) is -1.42. The molecular formula is C6H13F3O3Si. The molecule has 0 radical (unpaired) electrons. The van der Waals surface area contributed by atoms with Gasteiger partial charge in [0.15, 0.2) is 6.17 Å². The molecule has 0 aromatic carbocycles. The highest BCUT2D eigenvalue weighted by molar-refractivity contribution is 6.62. The molecule has 0 aliphatic rings. The Hall–Kier alpha value is -0.113. The van der Waals surface area contributed by atoms with E-state index in [2.05, 4.69) is 13.3 Å². The third-order valence-electron chi connectivity index (χ3n) is 1.66. The maximum absolute atomic E-state index is 13.2. The van der Waals surface area contributed by atoms with Crippen LogP contribution in [-0.4, -0.2) is 48.8 Å². The van der Waals surface area contributed by atoms with Gasteiger partial charge in [-0.15, -0.1) is 0 Å². The Morgan fingerprint density at radius 2 is 1.46 bits per heavy atom. The van der Waals surface area contributed by atoms with Crippen LogP contribution in [-0.2, 0) is 13.3 Å². The van der Waals surface area contributed by atoms with Crippen LogP contribution in [0.3, 0.4) is 0 Å². The molecule has 0 bridgehead atoms. The summed E-state index contributed by atoms with van der Waals surface area (Å²) >= 11 is 0. The number of hydrogen-bond acceptors (Lipinski definition) is 3. The van der Waals surface area contributed by atoms with Crippen LogP contribution < -0.4 is 0 Å². The third-order valence-corrected chi connectivity index (χ3v) is 4.40. The van der Waals surface area contributed by atoms with Gasteiger partial charge in [0.1, 0.15) is 6.67 Å². The number of rotatable bonds is 6. The standard InChI is InChI=1S/C6H13F3O3Si/c1-10-13(11-2,12-3)6(9)5(8)4-7/h5-6H,4H2,1-3H3. The predicted molar refractivity (Wildman–Crippen MR) is 42.5 cm³/mol. The number of halogens is 3. The second kappa shape index (κ2) is 5.58. The van der Waals surface area contributed by atoms with Gasteiger partial charge in [-0.25, -0.2) is 13.2 Å². The van der Waals surface area contributed by atoms with Gasteiger partial charge in [-0.3, -0.25) is 0 Å². The van der Waals surface area contributed by atoms with Gasteiger partial charge in [-0.1, -0.05) is 0 Å². The molecule has 0 aliphatic carbocycles. The lowest BCUT2D eigenvalue weighted by Crippen LogP contribution is -2.56. The van der Waals surface area contributed by atoms with E-state index in [1.54, 1.807) is 0 Å². The van der Waals surface area contributed by atoms with E-state index >= 15 is 0 Å². The first-order valence-corrected chi connectivity index (χ1v) is 5.37. The fourth-order valence-corrected chi connectivity index (χ4v) is 2.60. The fraction of sp³-hybridized carbons (Fsp3) is 1.00. The molecule has 0 aromatic heterocycles. The van der Waals surface area contributed by atoms with Crippen LogP contribution in [0.4, 0.5) is 13.2 Å². The molecule has 0 rings (SSSR count). The molecule has 0 amide bonds. The third kappa shape index (κ3) is 2.66. The van der Waals surface area contributed by atoms with Crippen molar-refractivity contribution >= 4 is 8.80 Å². The predicted octanol–water partition coefficient (Wildman–Crippen LogP) is 1.05. The minimum atomic E-state index is -3.69. The SMILES string of the molecule is CO[Si](OC)(OC)C(F)C(F)CF. The molecule has 0 heterocycles. The summed E-state index contributed by atoms with van der Waals surface area (Å²) in [5, 5.41) is 0. The molecule has 0 aromatic rings. The second-order valence-corrected chi connectivity index (χ2v) is 5.27. The van der Waals surface area contributed by atoms with Crippen LogP contribution in [0, 0.1) is 0 Å². The van der Waals surface area contributed by atoms with E-state index < -0.39 is 27.4 Å². The Labute approximate surface area is 76.2 Å². The van der Waals surface area contributed by atoms with Crippen molar-refractivity contribution in [1.82, 2.24) is 0 Å². The summed E-state index contributed by atoms with van der Waals surface area (Å²) in [5.74, 6) is -2.20. The molecule has 0 saturated heterocycles. The summed E-state index contributed by atoms with van der Waals surface area (Å²) in [6.07, 6.45) is -2.27. The monoisotopic (exact) mass is 218 g/mol. The minimum absolute atomic E-state index is 1.14. The second-order valence-electron chi connectivity index (χ2n) is 2.29. The smallest absolute Gasteiger partial charge is 0.375 e. The van der Waals surface area contributed by atoms with Crippen LogP contribution in [0.1, 0.15) is 0 Å². The lowest BCUT2D eigenvalue weighted by Gasteiger charge is -2.28. The van der Waals surface area contributed by atoms with E-state index in [9.17, 15) is 13.2 Å². The minimum Gasteiger partial charge on any atom is -0.375 e. The van der Waals surface area contributed by atoms with Crippen LogP contribution >= 0.6 is 0 Å². The number of hydrogen-bond donors (Lipinski definition) is 0. The van der Waals surface area contributed by atoms with E-state index in [4.69, 9.17) is 0 Å². The van der Waals surface area contributed by atoms with Gasteiger partial charge in [0.25, 0.3) is 0 Å². The summed E-state index contributed by atoms with van der Waals surface area (Å²) in [7, 11) is -0.280.